The van der Waals surface area contributed by atoms with E-state index in [1.54, 1.807) is 18.2 Å². The predicted octanol–water partition coefficient (Wildman–Crippen LogP) is 5.95. The van der Waals surface area contributed by atoms with Gasteiger partial charge in [-0.1, -0.05) is 25.1 Å². The molecule has 30 heavy (non-hydrogen) atoms. The number of nitrogens with zero attached hydrogens (tertiary/aromatic N) is 1. The SMILES string of the molecule is CCc1ccc2oc(-c3ccc(NC(=S)NC(=O)c4ccccc4Br)cc3)nc2c1. The largest absolute Gasteiger partial charge is 0.436 e. The van der Waals surface area contributed by atoms with Gasteiger partial charge in [-0.3, -0.25) is 10.1 Å². The lowest BCUT2D eigenvalue weighted by molar-refractivity contribution is 0.0977. The van der Waals surface area contributed by atoms with Crippen LogP contribution in [0.4, 0.5) is 5.69 Å². The minimum atomic E-state index is -0.283. The number of nitrogens with one attached hydrogen (secondary N) is 2. The number of oxazole rings is 1. The third kappa shape index (κ3) is 4.42. The first-order valence-corrected chi connectivity index (χ1v) is 10.6. The van der Waals surface area contributed by atoms with E-state index in [1.165, 1.54) is 5.56 Å². The quantitative estimate of drug-likeness (QED) is 0.354. The number of anilines is 1. The zero-order valence-corrected chi connectivity index (χ0v) is 18.5. The Labute approximate surface area is 187 Å². The lowest BCUT2D eigenvalue weighted by atomic mass is 10.1. The van der Waals surface area contributed by atoms with Crippen molar-refractivity contribution in [1.82, 2.24) is 10.3 Å². The molecule has 1 heterocycles. The predicted molar refractivity (Wildman–Crippen MR) is 127 cm³/mol. The van der Waals surface area contributed by atoms with E-state index < -0.39 is 0 Å². The first kappa shape index (κ1) is 20.3. The lowest BCUT2D eigenvalue weighted by Gasteiger charge is -2.10. The van der Waals surface area contributed by atoms with Crippen molar-refractivity contribution in [3.8, 4) is 11.5 Å². The average molecular weight is 480 g/mol. The van der Waals surface area contributed by atoms with Crippen LogP contribution in [0.3, 0.4) is 0 Å². The number of fused-ring (bicyclic) bond motifs is 1. The molecule has 0 radical (unpaired) electrons. The summed E-state index contributed by atoms with van der Waals surface area (Å²) < 4.78 is 6.58. The van der Waals surface area contributed by atoms with Crippen LogP contribution < -0.4 is 10.6 Å². The van der Waals surface area contributed by atoms with Gasteiger partial charge >= 0.3 is 0 Å². The molecule has 150 valence electrons. The van der Waals surface area contributed by atoms with Gasteiger partial charge in [0.1, 0.15) is 5.52 Å². The van der Waals surface area contributed by atoms with Gasteiger partial charge < -0.3 is 9.73 Å². The van der Waals surface area contributed by atoms with Gasteiger partial charge in [0.15, 0.2) is 10.7 Å². The maximum Gasteiger partial charge on any atom is 0.258 e. The third-order valence-corrected chi connectivity index (χ3v) is 5.49. The molecule has 0 fully saturated rings. The van der Waals surface area contributed by atoms with Crippen molar-refractivity contribution in [2.24, 2.45) is 0 Å². The fraction of sp³-hybridized carbons (Fsp3) is 0.0870. The van der Waals surface area contributed by atoms with Gasteiger partial charge in [-0.25, -0.2) is 4.98 Å². The van der Waals surface area contributed by atoms with E-state index in [9.17, 15) is 4.79 Å². The van der Waals surface area contributed by atoms with Crippen LogP contribution in [0.5, 0.6) is 0 Å². The number of aryl methyl sites for hydroxylation is 1. The lowest BCUT2D eigenvalue weighted by Crippen LogP contribution is -2.34. The second-order valence-corrected chi connectivity index (χ2v) is 7.90. The van der Waals surface area contributed by atoms with Gasteiger partial charge in [0.25, 0.3) is 5.91 Å². The standard InChI is InChI=1S/C23H18BrN3O2S/c1-2-14-7-12-20-19(13-14)26-22(29-20)15-8-10-16(11-9-15)25-23(30)27-21(28)17-5-3-4-6-18(17)24/h3-13H,2H2,1H3,(H2,25,27,28,30). The molecule has 0 unspecified atom stereocenters. The molecular formula is C23H18BrN3O2S. The Morgan fingerprint density at radius 3 is 2.60 bits per heavy atom. The number of thiocarbonyl (C=S) groups is 1. The summed E-state index contributed by atoms with van der Waals surface area (Å²) in [6.45, 7) is 2.11. The molecule has 0 saturated carbocycles. The van der Waals surface area contributed by atoms with Crippen molar-refractivity contribution in [2.75, 3.05) is 5.32 Å². The summed E-state index contributed by atoms with van der Waals surface area (Å²) in [6.07, 6.45) is 0.955. The van der Waals surface area contributed by atoms with Crippen LogP contribution in [0, 0.1) is 0 Å². The Bertz CT molecular complexity index is 1230. The normalized spacial score (nSPS) is 10.7. The molecule has 0 atom stereocenters. The highest BCUT2D eigenvalue weighted by atomic mass is 79.9. The molecule has 7 heteroatoms. The second kappa shape index (κ2) is 8.77. The summed E-state index contributed by atoms with van der Waals surface area (Å²) in [5, 5.41) is 5.92. The maximum absolute atomic E-state index is 12.3. The molecule has 0 spiro atoms. The zero-order chi connectivity index (χ0) is 21.1. The number of halogens is 1. The molecule has 0 aliphatic carbocycles. The van der Waals surface area contributed by atoms with Gasteiger partial charge in [-0.05, 0) is 88.7 Å². The third-order valence-electron chi connectivity index (χ3n) is 4.60. The Hall–Kier alpha value is -3.03. The summed E-state index contributed by atoms with van der Waals surface area (Å²) in [4.78, 5) is 16.9. The van der Waals surface area contributed by atoms with E-state index >= 15 is 0 Å². The highest BCUT2D eigenvalue weighted by Crippen LogP contribution is 2.26. The summed E-state index contributed by atoms with van der Waals surface area (Å²) in [7, 11) is 0. The number of benzene rings is 3. The summed E-state index contributed by atoms with van der Waals surface area (Å²) >= 11 is 8.62. The molecular weight excluding hydrogens is 462 g/mol. The zero-order valence-electron chi connectivity index (χ0n) is 16.1. The van der Waals surface area contributed by atoms with Gasteiger partial charge in [-0.15, -0.1) is 0 Å². The Balaban J connectivity index is 1.44. The first-order valence-electron chi connectivity index (χ1n) is 9.40. The van der Waals surface area contributed by atoms with Crippen LogP contribution in [0.15, 0.2) is 75.6 Å². The van der Waals surface area contributed by atoms with E-state index in [0.29, 0.717) is 15.9 Å². The fourth-order valence-corrected chi connectivity index (χ4v) is 3.67. The summed E-state index contributed by atoms with van der Waals surface area (Å²) in [5.74, 6) is 0.282. The molecule has 0 bridgehead atoms. The van der Waals surface area contributed by atoms with Gasteiger partial charge in [0, 0.05) is 15.7 Å². The van der Waals surface area contributed by atoms with Crippen LogP contribution >= 0.6 is 28.1 Å². The molecule has 0 aliphatic heterocycles. The minimum absolute atomic E-state index is 0.220. The molecule has 4 rings (SSSR count). The molecule has 1 aromatic heterocycles. The van der Waals surface area contributed by atoms with Crippen LogP contribution in [-0.2, 0) is 6.42 Å². The Morgan fingerprint density at radius 1 is 1.10 bits per heavy atom. The number of hydrogen-bond acceptors (Lipinski definition) is 4. The highest BCUT2D eigenvalue weighted by Gasteiger charge is 2.12. The number of hydrogen-bond donors (Lipinski definition) is 2. The number of carbonyl (C=O) groups excluding carboxylic acids is 1. The molecule has 4 aromatic rings. The highest BCUT2D eigenvalue weighted by molar-refractivity contribution is 9.10. The molecule has 3 aromatic carbocycles. The van der Waals surface area contributed by atoms with Crippen LogP contribution in [0.25, 0.3) is 22.6 Å². The van der Waals surface area contributed by atoms with Crippen molar-refractivity contribution in [3.05, 3.63) is 82.3 Å². The Morgan fingerprint density at radius 2 is 1.87 bits per heavy atom. The van der Waals surface area contributed by atoms with E-state index in [0.717, 1.165) is 28.8 Å². The van der Waals surface area contributed by atoms with Crippen LogP contribution in [-0.4, -0.2) is 16.0 Å². The van der Waals surface area contributed by atoms with Crippen molar-refractivity contribution in [2.45, 2.75) is 13.3 Å². The molecule has 5 nitrogen and oxygen atoms in total. The van der Waals surface area contributed by atoms with E-state index in [4.69, 9.17) is 16.6 Å². The van der Waals surface area contributed by atoms with Crippen molar-refractivity contribution in [1.29, 1.82) is 0 Å². The average Bonchev–Trinajstić information content (AvgIpc) is 3.17. The number of rotatable bonds is 4. The monoisotopic (exact) mass is 479 g/mol. The van der Waals surface area contributed by atoms with Crippen molar-refractivity contribution in [3.63, 3.8) is 0 Å². The second-order valence-electron chi connectivity index (χ2n) is 6.64. The Kier molecular flexibility index (Phi) is 5.92. The smallest absolute Gasteiger partial charge is 0.258 e. The molecule has 0 aliphatic rings. The molecule has 0 saturated heterocycles. The van der Waals surface area contributed by atoms with E-state index in [-0.39, 0.29) is 11.0 Å². The number of carbonyl (C=O) groups is 1. The van der Waals surface area contributed by atoms with E-state index in [1.807, 2.05) is 48.5 Å². The van der Waals surface area contributed by atoms with Crippen molar-refractivity contribution < 1.29 is 9.21 Å². The number of aromatic nitrogens is 1. The topological polar surface area (TPSA) is 67.2 Å². The molecule has 1 amide bonds. The van der Waals surface area contributed by atoms with Crippen LogP contribution in [0.1, 0.15) is 22.8 Å². The van der Waals surface area contributed by atoms with Crippen LogP contribution in [0.2, 0.25) is 0 Å². The van der Waals surface area contributed by atoms with Gasteiger partial charge in [-0.2, -0.15) is 0 Å². The number of amides is 1. The summed E-state index contributed by atoms with van der Waals surface area (Å²) in [5.41, 5.74) is 4.96. The van der Waals surface area contributed by atoms with Gasteiger partial charge in [0.05, 0.1) is 5.56 Å². The summed E-state index contributed by atoms with van der Waals surface area (Å²) in [6, 6.07) is 20.7. The first-order chi connectivity index (χ1) is 14.5. The maximum atomic E-state index is 12.3. The molecule has 2 N–H and O–H groups in total. The van der Waals surface area contributed by atoms with E-state index in [2.05, 4.69) is 38.5 Å². The minimum Gasteiger partial charge on any atom is -0.436 e. The fourth-order valence-electron chi connectivity index (χ4n) is 2.99. The van der Waals surface area contributed by atoms with Gasteiger partial charge in [0.2, 0.25) is 5.89 Å². The van der Waals surface area contributed by atoms with Crippen molar-refractivity contribution >= 4 is 56.0 Å².